The van der Waals surface area contributed by atoms with Crippen LogP contribution in [0.3, 0.4) is 0 Å². The van der Waals surface area contributed by atoms with Crippen molar-refractivity contribution < 1.29 is 4.74 Å². The van der Waals surface area contributed by atoms with E-state index in [0.717, 1.165) is 25.7 Å². The first kappa shape index (κ1) is 19.6. The standard InChI is InChI=1S/C24H22I2N2O/c1-23(2)19-9-8-15(12-25)10-20(19)28(3)24(23)14-27-21-18-7-5-4-6-16(18)11-17(13-26)22(21)29-24/h4-11,14H,12-13H2,1-3H3. The molecular formula is C24H22I2N2O. The van der Waals surface area contributed by atoms with E-state index in [2.05, 4.69) is 120 Å². The van der Waals surface area contributed by atoms with Crippen LogP contribution in [0.15, 0.2) is 53.5 Å². The van der Waals surface area contributed by atoms with E-state index in [-0.39, 0.29) is 5.41 Å². The average molecular weight is 608 g/mol. The van der Waals surface area contributed by atoms with E-state index in [1.165, 1.54) is 27.8 Å². The summed E-state index contributed by atoms with van der Waals surface area (Å²) in [6, 6.07) is 17.5. The van der Waals surface area contributed by atoms with Crippen LogP contribution in [0.4, 0.5) is 11.4 Å². The molecular weight excluding hydrogens is 586 g/mol. The lowest BCUT2D eigenvalue weighted by Gasteiger charge is -2.45. The van der Waals surface area contributed by atoms with Crippen LogP contribution in [-0.2, 0) is 14.3 Å². The Balaban J connectivity index is 1.73. The van der Waals surface area contributed by atoms with Gasteiger partial charge in [0, 0.05) is 32.5 Å². The maximum absolute atomic E-state index is 6.96. The molecule has 2 heterocycles. The van der Waals surface area contributed by atoms with Gasteiger partial charge in [-0.15, -0.1) is 0 Å². The Morgan fingerprint density at radius 3 is 2.59 bits per heavy atom. The van der Waals surface area contributed by atoms with E-state index in [0.29, 0.717) is 0 Å². The SMILES string of the molecule is CN1c2cc(CI)ccc2C(C)(C)C12C=Nc1c(c(CI)cc3ccccc13)O2. The molecule has 3 aromatic carbocycles. The van der Waals surface area contributed by atoms with Crippen LogP contribution in [0.2, 0.25) is 0 Å². The Labute approximate surface area is 198 Å². The number of ether oxygens (including phenoxy) is 1. The molecule has 0 amide bonds. The third-order valence-corrected chi connectivity index (χ3v) is 8.17. The first-order valence-corrected chi connectivity index (χ1v) is 12.8. The predicted octanol–water partition coefficient (Wildman–Crippen LogP) is 6.93. The molecule has 0 aliphatic carbocycles. The van der Waals surface area contributed by atoms with Gasteiger partial charge in [-0.3, -0.25) is 4.99 Å². The number of hydrogen-bond donors (Lipinski definition) is 0. The minimum absolute atomic E-state index is 0.240. The number of rotatable bonds is 2. The molecule has 3 nitrogen and oxygen atoms in total. The van der Waals surface area contributed by atoms with E-state index < -0.39 is 5.72 Å². The first-order valence-electron chi connectivity index (χ1n) is 9.71. The molecule has 5 rings (SSSR count). The van der Waals surface area contributed by atoms with Crippen molar-refractivity contribution in [2.75, 3.05) is 11.9 Å². The third kappa shape index (κ3) is 2.62. The zero-order chi connectivity index (χ0) is 20.4. The van der Waals surface area contributed by atoms with Crippen molar-refractivity contribution >= 4 is 73.5 Å². The van der Waals surface area contributed by atoms with Crippen molar-refractivity contribution in [2.45, 2.75) is 33.8 Å². The van der Waals surface area contributed by atoms with Crippen molar-refractivity contribution in [3.63, 3.8) is 0 Å². The molecule has 0 saturated heterocycles. The molecule has 1 atom stereocenters. The molecule has 148 valence electrons. The normalized spacial score (nSPS) is 21.3. The fourth-order valence-corrected chi connectivity index (χ4v) is 5.78. The number of anilines is 1. The van der Waals surface area contributed by atoms with Crippen LogP contribution in [0, 0.1) is 0 Å². The van der Waals surface area contributed by atoms with E-state index in [9.17, 15) is 0 Å². The van der Waals surface area contributed by atoms with Crippen molar-refractivity contribution in [3.8, 4) is 5.75 Å². The van der Waals surface area contributed by atoms with Gasteiger partial charge in [-0.05, 0) is 42.5 Å². The molecule has 3 aromatic rings. The Hall–Kier alpha value is -1.35. The Kier molecular flexibility index (Phi) is 4.62. The van der Waals surface area contributed by atoms with Gasteiger partial charge in [0.05, 0.1) is 11.6 Å². The van der Waals surface area contributed by atoms with Gasteiger partial charge in [-0.1, -0.05) is 81.6 Å². The number of alkyl halides is 2. The summed E-state index contributed by atoms with van der Waals surface area (Å²) in [7, 11) is 2.13. The zero-order valence-corrected chi connectivity index (χ0v) is 21.0. The average Bonchev–Trinajstić information content (AvgIpc) is 2.91. The van der Waals surface area contributed by atoms with Gasteiger partial charge in [-0.25, -0.2) is 0 Å². The van der Waals surface area contributed by atoms with E-state index in [1.807, 2.05) is 6.21 Å². The predicted molar refractivity (Wildman–Crippen MR) is 139 cm³/mol. The van der Waals surface area contributed by atoms with Gasteiger partial charge >= 0.3 is 0 Å². The Morgan fingerprint density at radius 1 is 1.03 bits per heavy atom. The fourth-order valence-electron chi connectivity index (χ4n) is 4.74. The highest BCUT2D eigenvalue weighted by Crippen LogP contribution is 2.55. The molecule has 5 heteroatoms. The number of aliphatic imine (C=N–C) groups is 1. The molecule has 1 unspecified atom stereocenters. The van der Waals surface area contributed by atoms with Gasteiger partial charge in [0.15, 0.2) is 5.75 Å². The van der Waals surface area contributed by atoms with Crippen molar-refractivity contribution in [1.82, 2.24) is 0 Å². The number of halogens is 2. The van der Waals surface area contributed by atoms with Gasteiger partial charge in [0.2, 0.25) is 5.72 Å². The highest BCUT2D eigenvalue weighted by atomic mass is 127. The molecule has 0 aromatic heterocycles. The minimum atomic E-state index is -0.644. The smallest absolute Gasteiger partial charge is 0.228 e. The number of nitrogens with zero attached hydrogens (tertiary/aromatic N) is 2. The lowest BCUT2D eigenvalue weighted by Crippen LogP contribution is -2.61. The van der Waals surface area contributed by atoms with E-state index in [4.69, 9.17) is 9.73 Å². The Morgan fingerprint density at radius 2 is 1.83 bits per heavy atom. The minimum Gasteiger partial charge on any atom is -0.459 e. The summed E-state index contributed by atoms with van der Waals surface area (Å²) in [6.07, 6.45) is 2.03. The summed E-state index contributed by atoms with van der Waals surface area (Å²) in [4.78, 5) is 7.31. The molecule has 0 bridgehead atoms. The molecule has 0 N–H and O–H groups in total. The topological polar surface area (TPSA) is 24.8 Å². The van der Waals surface area contributed by atoms with Gasteiger partial charge < -0.3 is 9.64 Å². The van der Waals surface area contributed by atoms with Crippen LogP contribution in [-0.4, -0.2) is 19.0 Å². The van der Waals surface area contributed by atoms with Crippen molar-refractivity contribution in [1.29, 1.82) is 0 Å². The molecule has 29 heavy (non-hydrogen) atoms. The summed E-state index contributed by atoms with van der Waals surface area (Å²) < 4.78 is 8.84. The monoisotopic (exact) mass is 608 g/mol. The summed E-state index contributed by atoms with van der Waals surface area (Å²) >= 11 is 4.84. The molecule has 0 fully saturated rings. The summed E-state index contributed by atoms with van der Waals surface area (Å²) in [5, 5.41) is 2.36. The lowest BCUT2D eigenvalue weighted by molar-refractivity contribution is 0.0818. The highest BCUT2D eigenvalue weighted by Gasteiger charge is 2.58. The summed E-state index contributed by atoms with van der Waals surface area (Å²) in [5.74, 6) is 0.919. The van der Waals surface area contributed by atoms with E-state index >= 15 is 0 Å². The molecule has 0 saturated carbocycles. The third-order valence-electron chi connectivity index (χ3n) is 6.47. The van der Waals surface area contributed by atoms with Crippen molar-refractivity contribution in [2.24, 2.45) is 4.99 Å². The van der Waals surface area contributed by atoms with Gasteiger partial charge in [0.25, 0.3) is 0 Å². The van der Waals surface area contributed by atoms with Crippen LogP contribution in [0.1, 0.15) is 30.5 Å². The van der Waals surface area contributed by atoms with Crippen LogP contribution >= 0.6 is 45.2 Å². The molecule has 1 spiro atoms. The number of likely N-dealkylation sites (N-methyl/N-ethyl adjacent to an activating group) is 1. The maximum atomic E-state index is 6.96. The lowest BCUT2D eigenvalue weighted by atomic mass is 9.77. The van der Waals surface area contributed by atoms with E-state index in [1.54, 1.807) is 0 Å². The number of hydrogen-bond acceptors (Lipinski definition) is 3. The maximum Gasteiger partial charge on any atom is 0.228 e. The molecule has 2 aliphatic rings. The molecule has 2 aliphatic heterocycles. The van der Waals surface area contributed by atoms with Gasteiger partial charge in [-0.2, -0.15) is 0 Å². The van der Waals surface area contributed by atoms with Crippen LogP contribution in [0.25, 0.3) is 10.8 Å². The van der Waals surface area contributed by atoms with Crippen LogP contribution < -0.4 is 9.64 Å². The Bertz CT molecular complexity index is 1170. The number of fused-ring (bicyclic) bond motifs is 4. The number of benzene rings is 3. The second kappa shape index (κ2) is 6.83. The largest absolute Gasteiger partial charge is 0.459 e. The second-order valence-corrected chi connectivity index (χ2v) is 9.82. The summed E-state index contributed by atoms with van der Waals surface area (Å²) in [6.45, 7) is 4.53. The molecule has 0 radical (unpaired) electrons. The fraction of sp³-hybridized carbons (Fsp3) is 0.292. The van der Waals surface area contributed by atoms with Crippen LogP contribution in [0.5, 0.6) is 5.75 Å². The van der Waals surface area contributed by atoms with Gasteiger partial charge in [0.1, 0.15) is 5.69 Å². The second-order valence-electron chi connectivity index (χ2n) is 8.29. The van der Waals surface area contributed by atoms with Crippen molar-refractivity contribution in [3.05, 3.63) is 65.2 Å². The summed E-state index contributed by atoms with van der Waals surface area (Å²) in [5.41, 5.74) is 5.13. The highest BCUT2D eigenvalue weighted by molar-refractivity contribution is 14.1. The quantitative estimate of drug-likeness (QED) is 0.233. The zero-order valence-electron chi connectivity index (χ0n) is 16.7. The first-order chi connectivity index (χ1) is 13.9.